The molecular formula is C19H26Cl2N4O4S. The minimum absolute atomic E-state index is 0. The summed E-state index contributed by atoms with van der Waals surface area (Å²) in [6.45, 7) is 0.453. The second kappa shape index (κ2) is 12.1. The zero-order chi connectivity index (χ0) is 20.0. The fourth-order valence-corrected chi connectivity index (χ4v) is 4.07. The predicted octanol–water partition coefficient (Wildman–Crippen LogP) is 1.87. The number of nitrogens with two attached hydrogens (primary N) is 1. The number of benzene rings is 2. The number of hydrogen-bond donors (Lipinski definition) is 4. The summed E-state index contributed by atoms with van der Waals surface area (Å²) in [4.78, 5) is 12.4. The SMILES string of the molecule is Cl.Cl.NCCS(=O)(=O)NC1CN[C@H](C(=O)Nc2ccc(Oc3ccccc3)cc2)C1. The van der Waals surface area contributed by atoms with Crippen LogP contribution in [-0.4, -0.2) is 45.3 Å². The lowest BCUT2D eigenvalue weighted by Gasteiger charge is -2.13. The summed E-state index contributed by atoms with van der Waals surface area (Å²) in [5.74, 6) is 1.06. The predicted molar refractivity (Wildman–Crippen MR) is 122 cm³/mol. The first-order chi connectivity index (χ1) is 13.4. The molecule has 1 heterocycles. The van der Waals surface area contributed by atoms with Gasteiger partial charge in [-0.1, -0.05) is 18.2 Å². The Hall–Kier alpha value is -1.88. The Balaban J connectivity index is 0.00000225. The van der Waals surface area contributed by atoms with Crippen LogP contribution >= 0.6 is 24.8 Å². The molecule has 166 valence electrons. The molecule has 3 rings (SSSR count). The second-order valence-corrected chi connectivity index (χ2v) is 8.42. The van der Waals surface area contributed by atoms with Gasteiger partial charge in [-0.3, -0.25) is 4.79 Å². The van der Waals surface area contributed by atoms with E-state index in [1.165, 1.54) is 0 Å². The van der Waals surface area contributed by atoms with E-state index in [1.807, 2.05) is 30.3 Å². The molecule has 8 nitrogen and oxygen atoms in total. The first-order valence-corrected chi connectivity index (χ1v) is 10.7. The van der Waals surface area contributed by atoms with Crippen molar-refractivity contribution in [2.45, 2.75) is 18.5 Å². The van der Waals surface area contributed by atoms with Gasteiger partial charge in [0.1, 0.15) is 11.5 Å². The zero-order valence-corrected chi connectivity index (χ0v) is 18.6. The lowest BCUT2D eigenvalue weighted by Crippen LogP contribution is -2.39. The van der Waals surface area contributed by atoms with Gasteiger partial charge in [0.15, 0.2) is 0 Å². The highest BCUT2D eigenvalue weighted by molar-refractivity contribution is 7.89. The normalized spacial score (nSPS) is 18.0. The highest BCUT2D eigenvalue weighted by Crippen LogP contribution is 2.23. The number of hydrogen-bond acceptors (Lipinski definition) is 6. The lowest BCUT2D eigenvalue weighted by atomic mass is 10.1. The van der Waals surface area contributed by atoms with Gasteiger partial charge in [0.25, 0.3) is 0 Å². The summed E-state index contributed by atoms with van der Waals surface area (Å²) in [5, 5.41) is 5.87. The van der Waals surface area contributed by atoms with E-state index in [0.717, 1.165) is 5.75 Å². The third kappa shape index (κ3) is 7.75. The maximum atomic E-state index is 12.4. The van der Waals surface area contributed by atoms with Crippen molar-refractivity contribution in [3.05, 3.63) is 54.6 Å². The standard InChI is InChI=1S/C19H24N4O4S.2ClH/c20-10-11-28(25,26)23-15-12-18(21-13-15)19(24)22-14-6-8-17(9-7-14)27-16-4-2-1-3-5-16;;/h1-9,15,18,21,23H,10-13,20H2,(H,22,24);2*1H/t15?,18-;;/m0../s1. The molecule has 11 heteroatoms. The van der Waals surface area contributed by atoms with E-state index in [2.05, 4.69) is 15.4 Å². The molecule has 30 heavy (non-hydrogen) atoms. The molecule has 1 amide bonds. The van der Waals surface area contributed by atoms with Gasteiger partial charge in [-0.25, -0.2) is 13.1 Å². The molecule has 0 radical (unpaired) electrons. The van der Waals surface area contributed by atoms with Gasteiger partial charge in [0.2, 0.25) is 15.9 Å². The number of para-hydroxylation sites is 1. The first kappa shape index (κ1) is 26.2. The summed E-state index contributed by atoms with van der Waals surface area (Å²) >= 11 is 0. The van der Waals surface area contributed by atoms with Crippen molar-refractivity contribution in [3.8, 4) is 11.5 Å². The lowest BCUT2D eigenvalue weighted by molar-refractivity contribution is -0.117. The van der Waals surface area contributed by atoms with Gasteiger partial charge >= 0.3 is 0 Å². The summed E-state index contributed by atoms with van der Waals surface area (Å²) in [6, 6.07) is 15.7. The molecule has 5 N–H and O–H groups in total. The smallest absolute Gasteiger partial charge is 0.241 e. The largest absolute Gasteiger partial charge is 0.457 e. The summed E-state index contributed by atoms with van der Waals surface area (Å²) in [5.41, 5.74) is 5.93. The molecule has 1 aliphatic rings. The Labute approximate surface area is 188 Å². The number of halogens is 2. The van der Waals surface area contributed by atoms with Crippen molar-refractivity contribution in [2.24, 2.45) is 5.73 Å². The average Bonchev–Trinajstić information content (AvgIpc) is 3.12. The molecule has 1 unspecified atom stereocenters. The Kier molecular flexibility index (Phi) is 10.5. The van der Waals surface area contributed by atoms with Crippen LogP contribution in [0.2, 0.25) is 0 Å². The van der Waals surface area contributed by atoms with Gasteiger partial charge in [-0.2, -0.15) is 0 Å². The van der Waals surface area contributed by atoms with Crippen molar-refractivity contribution in [1.29, 1.82) is 0 Å². The number of anilines is 1. The van der Waals surface area contributed by atoms with Crippen molar-refractivity contribution in [2.75, 3.05) is 24.2 Å². The molecule has 0 aromatic heterocycles. The molecule has 1 fully saturated rings. The molecule has 0 spiro atoms. The number of carbonyl (C=O) groups is 1. The summed E-state index contributed by atoms with van der Waals surface area (Å²) in [6.07, 6.45) is 0.380. The minimum atomic E-state index is -3.41. The van der Waals surface area contributed by atoms with E-state index in [0.29, 0.717) is 24.4 Å². The first-order valence-electron chi connectivity index (χ1n) is 9.02. The van der Waals surface area contributed by atoms with Crippen LogP contribution in [0, 0.1) is 0 Å². The highest BCUT2D eigenvalue weighted by atomic mass is 35.5. The van der Waals surface area contributed by atoms with Crippen molar-refractivity contribution in [1.82, 2.24) is 10.0 Å². The van der Waals surface area contributed by atoms with Crippen molar-refractivity contribution >= 4 is 46.4 Å². The van der Waals surface area contributed by atoms with Crippen molar-refractivity contribution < 1.29 is 17.9 Å². The van der Waals surface area contributed by atoms with Crippen LogP contribution in [0.4, 0.5) is 5.69 Å². The monoisotopic (exact) mass is 476 g/mol. The Morgan fingerprint density at radius 1 is 1.07 bits per heavy atom. The van der Waals surface area contributed by atoms with Gasteiger partial charge in [0.05, 0.1) is 11.8 Å². The fourth-order valence-electron chi connectivity index (χ4n) is 2.95. The van der Waals surface area contributed by atoms with E-state index in [1.54, 1.807) is 24.3 Å². The number of sulfonamides is 1. The zero-order valence-electron chi connectivity index (χ0n) is 16.1. The Morgan fingerprint density at radius 3 is 2.33 bits per heavy atom. The van der Waals surface area contributed by atoms with E-state index >= 15 is 0 Å². The van der Waals surface area contributed by atoms with E-state index in [4.69, 9.17) is 10.5 Å². The quantitative estimate of drug-likeness (QED) is 0.461. The number of rotatable bonds is 8. The molecule has 1 saturated heterocycles. The molecule has 1 aliphatic heterocycles. The van der Waals surface area contributed by atoms with E-state index < -0.39 is 16.1 Å². The number of ether oxygens (including phenoxy) is 1. The average molecular weight is 477 g/mol. The third-order valence-corrected chi connectivity index (χ3v) is 5.75. The maximum Gasteiger partial charge on any atom is 0.241 e. The summed E-state index contributed by atoms with van der Waals surface area (Å²) in [7, 11) is -3.41. The highest BCUT2D eigenvalue weighted by Gasteiger charge is 2.31. The van der Waals surface area contributed by atoms with Gasteiger partial charge < -0.3 is 21.1 Å². The number of nitrogens with one attached hydrogen (secondary N) is 3. The molecule has 2 atom stereocenters. The Bertz CT molecular complexity index is 899. The Morgan fingerprint density at radius 2 is 1.70 bits per heavy atom. The van der Waals surface area contributed by atoms with Crippen molar-refractivity contribution in [3.63, 3.8) is 0 Å². The van der Waals surface area contributed by atoms with Crippen LogP contribution in [-0.2, 0) is 14.8 Å². The number of carbonyl (C=O) groups excluding carboxylic acids is 1. The van der Waals surface area contributed by atoms with Crippen LogP contribution in [0.1, 0.15) is 6.42 Å². The van der Waals surface area contributed by atoms with Gasteiger partial charge in [0, 0.05) is 24.8 Å². The molecular weight excluding hydrogens is 451 g/mol. The second-order valence-electron chi connectivity index (χ2n) is 6.55. The molecule has 2 aromatic rings. The topological polar surface area (TPSA) is 123 Å². The van der Waals surface area contributed by atoms with Crippen LogP contribution in [0.25, 0.3) is 0 Å². The maximum absolute atomic E-state index is 12.4. The minimum Gasteiger partial charge on any atom is -0.457 e. The molecule has 0 saturated carbocycles. The van der Waals surface area contributed by atoms with Gasteiger partial charge in [-0.05, 0) is 42.8 Å². The molecule has 0 bridgehead atoms. The van der Waals surface area contributed by atoms with E-state index in [9.17, 15) is 13.2 Å². The van der Waals surface area contributed by atoms with Crippen LogP contribution in [0.3, 0.4) is 0 Å². The van der Waals surface area contributed by atoms with Crippen LogP contribution in [0.5, 0.6) is 11.5 Å². The molecule has 0 aliphatic carbocycles. The van der Waals surface area contributed by atoms with Crippen LogP contribution in [0.15, 0.2) is 54.6 Å². The molecule has 2 aromatic carbocycles. The van der Waals surface area contributed by atoms with E-state index in [-0.39, 0.29) is 49.1 Å². The van der Waals surface area contributed by atoms with Crippen LogP contribution < -0.4 is 25.8 Å². The third-order valence-electron chi connectivity index (χ3n) is 4.28. The fraction of sp³-hybridized carbons (Fsp3) is 0.316. The summed E-state index contributed by atoms with van der Waals surface area (Å²) < 4.78 is 31.9. The van der Waals surface area contributed by atoms with Gasteiger partial charge in [-0.15, -0.1) is 24.8 Å². The number of amides is 1.